The van der Waals surface area contributed by atoms with Crippen LogP contribution in [0.2, 0.25) is 5.02 Å². The zero-order valence-corrected chi connectivity index (χ0v) is 17.8. The third kappa shape index (κ3) is 4.00. The van der Waals surface area contributed by atoms with Gasteiger partial charge in [-0.1, -0.05) is 29.8 Å². The Kier molecular flexibility index (Phi) is 5.96. The SMILES string of the molecule is O=c1[nH]c(=O)n([C@@H]2O[C@@](COP3(=O)OCc4ccccc4O3)(C(F)F)[C@@H](O)C2(F)F)cc1Cl. The number of phosphoric ester groups is 1. The van der Waals surface area contributed by atoms with Gasteiger partial charge in [0, 0.05) is 11.8 Å². The number of phosphoric acid groups is 1. The van der Waals surface area contributed by atoms with Crippen LogP contribution in [0.15, 0.2) is 40.1 Å². The summed E-state index contributed by atoms with van der Waals surface area (Å²) in [5.74, 6) is -4.44. The molecule has 2 aliphatic heterocycles. The van der Waals surface area contributed by atoms with Crippen molar-refractivity contribution in [2.24, 2.45) is 0 Å². The Labute approximate surface area is 186 Å². The van der Waals surface area contributed by atoms with Gasteiger partial charge in [0.2, 0.25) is 6.23 Å². The lowest BCUT2D eigenvalue weighted by Gasteiger charge is -2.32. The summed E-state index contributed by atoms with van der Waals surface area (Å²) in [6.07, 6.45) is -9.43. The van der Waals surface area contributed by atoms with Crippen molar-refractivity contribution < 1.29 is 45.5 Å². The van der Waals surface area contributed by atoms with E-state index in [0.29, 0.717) is 11.8 Å². The molecule has 2 aliphatic rings. The number of ether oxygens (including phenoxy) is 1. The Balaban J connectivity index is 1.65. The average Bonchev–Trinajstić information content (AvgIpc) is 2.96. The van der Waals surface area contributed by atoms with Crippen LogP contribution in [0.3, 0.4) is 0 Å². The number of aromatic nitrogens is 2. The topological polar surface area (TPSA) is 129 Å². The number of aliphatic hydroxyl groups is 1. The maximum absolute atomic E-state index is 14.8. The summed E-state index contributed by atoms with van der Waals surface area (Å²) in [6, 6.07) is 6.12. The number of H-pyrrole nitrogens is 1. The van der Waals surface area contributed by atoms with Gasteiger partial charge in [0.25, 0.3) is 12.0 Å². The number of para-hydroxylation sites is 1. The molecule has 33 heavy (non-hydrogen) atoms. The molecule has 4 rings (SSSR count). The summed E-state index contributed by atoms with van der Waals surface area (Å²) in [7, 11) is -4.57. The van der Waals surface area contributed by atoms with Gasteiger partial charge in [0.15, 0.2) is 11.7 Å². The van der Waals surface area contributed by atoms with E-state index >= 15 is 0 Å². The second-order valence-electron chi connectivity index (χ2n) is 7.14. The van der Waals surface area contributed by atoms with Crippen molar-refractivity contribution in [3.8, 4) is 5.75 Å². The predicted molar refractivity (Wildman–Crippen MR) is 102 cm³/mol. The normalized spacial score (nSPS) is 30.8. The zero-order valence-electron chi connectivity index (χ0n) is 16.1. The molecule has 3 heterocycles. The summed E-state index contributed by atoms with van der Waals surface area (Å²) >= 11 is 5.54. The third-order valence-electron chi connectivity index (χ3n) is 5.04. The Hall–Kier alpha value is -2.22. The molecule has 1 saturated heterocycles. The highest BCUT2D eigenvalue weighted by molar-refractivity contribution is 7.49. The monoisotopic (exact) mass is 516 g/mol. The van der Waals surface area contributed by atoms with E-state index < -0.39 is 61.0 Å². The number of aliphatic hydroxyl groups excluding tert-OH is 1. The van der Waals surface area contributed by atoms with Gasteiger partial charge in [-0.05, 0) is 6.07 Å². The van der Waals surface area contributed by atoms with Gasteiger partial charge in [-0.15, -0.1) is 0 Å². The summed E-state index contributed by atoms with van der Waals surface area (Å²) < 4.78 is 90.1. The molecule has 1 fully saturated rings. The van der Waals surface area contributed by atoms with Gasteiger partial charge in [-0.3, -0.25) is 23.4 Å². The Bertz CT molecular complexity index is 1240. The molecule has 0 spiro atoms. The van der Waals surface area contributed by atoms with E-state index in [1.165, 1.54) is 12.1 Å². The van der Waals surface area contributed by atoms with Crippen LogP contribution in [0.25, 0.3) is 0 Å². The first-order chi connectivity index (χ1) is 15.4. The largest absolute Gasteiger partial charge is 0.530 e. The lowest BCUT2D eigenvalue weighted by molar-refractivity contribution is -0.194. The molecule has 4 atom stereocenters. The first-order valence-electron chi connectivity index (χ1n) is 9.09. The van der Waals surface area contributed by atoms with Gasteiger partial charge < -0.3 is 14.4 Å². The average molecular weight is 517 g/mol. The summed E-state index contributed by atoms with van der Waals surface area (Å²) in [6.45, 7) is -1.86. The molecule has 1 aromatic carbocycles. The zero-order chi connectivity index (χ0) is 24.2. The lowest BCUT2D eigenvalue weighted by atomic mass is 9.96. The van der Waals surface area contributed by atoms with Gasteiger partial charge in [0.1, 0.15) is 10.8 Å². The van der Waals surface area contributed by atoms with E-state index in [4.69, 9.17) is 29.9 Å². The quantitative estimate of drug-likeness (QED) is 0.458. The Morgan fingerprint density at radius 1 is 1.33 bits per heavy atom. The van der Waals surface area contributed by atoms with E-state index in [2.05, 4.69) is 0 Å². The molecule has 0 bridgehead atoms. The van der Waals surface area contributed by atoms with E-state index in [-0.39, 0.29) is 16.9 Å². The van der Waals surface area contributed by atoms with Crippen molar-refractivity contribution in [3.63, 3.8) is 0 Å². The van der Waals surface area contributed by atoms with Crippen LogP contribution < -0.4 is 15.8 Å². The summed E-state index contributed by atoms with van der Waals surface area (Å²) in [4.78, 5) is 25.0. The number of alkyl halides is 4. The molecule has 16 heteroatoms. The van der Waals surface area contributed by atoms with Gasteiger partial charge in [0.05, 0.1) is 13.2 Å². The molecule has 0 aliphatic carbocycles. The molecule has 2 aromatic rings. The predicted octanol–water partition coefficient (Wildman–Crippen LogP) is 2.45. The maximum Gasteiger partial charge on any atom is 0.530 e. The minimum absolute atomic E-state index is 0.0447. The molecule has 1 aromatic heterocycles. The fraction of sp³-hybridized carbons (Fsp3) is 0.412. The highest BCUT2D eigenvalue weighted by Gasteiger charge is 2.71. The standard InChI is InChI=1S/C17H14ClF4N2O8P/c18-9-5-24(15(27)23-11(9)25)14-17(21,22)12(26)16(31-14,13(19)20)7-30-33(28)29-6-8-3-1-2-4-10(8)32-33/h1-5,12-14,26H,6-7H2,(H,23,25,27)/t12-,14-,16-,33?/m1/s1. The molecule has 1 unspecified atom stereocenters. The third-order valence-corrected chi connectivity index (χ3v) is 6.62. The van der Waals surface area contributed by atoms with E-state index in [1.54, 1.807) is 17.1 Å². The van der Waals surface area contributed by atoms with Gasteiger partial charge >= 0.3 is 19.4 Å². The van der Waals surface area contributed by atoms with Crippen LogP contribution in [0, 0.1) is 0 Å². The molecule has 0 saturated carbocycles. The van der Waals surface area contributed by atoms with Crippen LogP contribution >= 0.6 is 19.4 Å². The Morgan fingerprint density at radius 2 is 2.03 bits per heavy atom. The molecule has 10 nitrogen and oxygen atoms in total. The van der Waals surface area contributed by atoms with Crippen molar-refractivity contribution in [2.75, 3.05) is 6.61 Å². The first kappa shape index (κ1) is 23.9. The first-order valence-corrected chi connectivity index (χ1v) is 10.9. The van der Waals surface area contributed by atoms with Gasteiger partial charge in [-0.25, -0.2) is 18.1 Å². The van der Waals surface area contributed by atoms with E-state index in [1.807, 2.05) is 0 Å². The van der Waals surface area contributed by atoms with Crippen molar-refractivity contribution in [2.45, 2.75) is 36.9 Å². The molecular weight excluding hydrogens is 503 g/mol. The second-order valence-corrected chi connectivity index (χ2v) is 9.14. The van der Waals surface area contributed by atoms with Crippen LogP contribution in [0.5, 0.6) is 5.75 Å². The fourth-order valence-corrected chi connectivity index (χ4v) is 4.70. The number of nitrogens with one attached hydrogen (secondary N) is 1. The fourth-order valence-electron chi connectivity index (χ4n) is 3.29. The van der Waals surface area contributed by atoms with E-state index in [9.17, 15) is 36.8 Å². The van der Waals surface area contributed by atoms with Crippen molar-refractivity contribution in [3.05, 3.63) is 61.9 Å². The number of benzene rings is 1. The highest BCUT2D eigenvalue weighted by Crippen LogP contribution is 2.57. The maximum atomic E-state index is 14.8. The lowest BCUT2D eigenvalue weighted by Crippen LogP contribution is -2.54. The smallest absolute Gasteiger partial charge is 0.404 e. The van der Waals surface area contributed by atoms with Crippen LogP contribution in [0.4, 0.5) is 17.6 Å². The van der Waals surface area contributed by atoms with Crippen LogP contribution in [-0.2, 0) is 25.0 Å². The van der Waals surface area contributed by atoms with Gasteiger partial charge in [-0.2, -0.15) is 8.78 Å². The number of rotatable bonds is 5. The molecule has 2 N–H and O–H groups in total. The second kappa shape index (κ2) is 8.22. The summed E-state index contributed by atoms with van der Waals surface area (Å²) in [5.41, 5.74) is -5.57. The van der Waals surface area contributed by atoms with Crippen molar-refractivity contribution in [1.29, 1.82) is 0 Å². The molecule has 0 amide bonds. The minimum atomic E-state index is -4.57. The molecule has 0 radical (unpaired) electrons. The van der Waals surface area contributed by atoms with E-state index in [0.717, 1.165) is 0 Å². The minimum Gasteiger partial charge on any atom is -0.404 e. The number of fused-ring (bicyclic) bond motifs is 1. The number of aromatic amines is 1. The molecule has 180 valence electrons. The number of hydrogen-bond donors (Lipinski definition) is 2. The van der Waals surface area contributed by atoms with Crippen LogP contribution in [-0.4, -0.2) is 45.3 Å². The number of halogens is 5. The summed E-state index contributed by atoms with van der Waals surface area (Å²) in [5, 5.41) is 9.41. The number of hydrogen-bond acceptors (Lipinski definition) is 8. The van der Waals surface area contributed by atoms with Crippen molar-refractivity contribution in [1.82, 2.24) is 9.55 Å². The highest BCUT2D eigenvalue weighted by atomic mass is 35.5. The van der Waals surface area contributed by atoms with Crippen molar-refractivity contribution >= 4 is 19.4 Å². The number of nitrogens with zero attached hydrogens (tertiary/aromatic N) is 1. The van der Waals surface area contributed by atoms with Crippen LogP contribution in [0.1, 0.15) is 11.8 Å². The molecular formula is C17H14ClF4N2O8P. The Morgan fingerprint density at radius 3 is 2.73 bits per heavy atom.